The average Bonchev–Trinajstić information content (AvgIpc) is 3.05. The van der Waals surface area contributed by atoms with Gasteiger partial charge in [-0.25, -0.2) is 8.42 Å². The van der Waals surface area contributed by atoms with Crippen LogP contribution in [0.4, 0.5) is 0 Å². The number of sulfonamides is 1. The first kappa shape index (κ1) is 14.6. The molecular formula is C13H22N2O3S. The average molecular weight is 286 g/mol. The first-order chi connectivity index (χ1) is 8.95. The molecule has 108 valence electrons. The van der Waals surface area contributed by atoms with Crippen LogP contribution in [-0.4, -0.2) is 25.3 Å². The van der Waals surface area contributed by atoms with Gasteiger partial charge in [0.15, 0.2) is 0 Å². The van der Waals surface area contributed by atoms with Gasteiger partial charge in [0.25, 0.3) is 10.0 Å². The van der Waals surface area contributed by atoms with Gasteiger partial charge in [0.1, 0.15) is 5.76 Å². The Hall–Kier alpha value is -0.850. The highest BCUT2D eigenvalue weighted by molar-refractivity contribution is 7.89. The Labute approximate surface area is 114 Å². The lowest BCUT2D eigenvalue weighted by Crippen LogP contribution is -2.34. The molecule has 0 bridgehead atoms. The highest BCUT2D eigenvalue weighted by Crippen LogP contribution is 2.33. The van der Waals surface area contributed by atoms with E-state index in [2.05, 4.69) is 13.8 Å². The molecule has 0 saturated heterocycles. The van der Waals surface area contributed by atoms with E-state index in [0.717, 1.165) is 19.3 Å². The lowest BCUT2D eigenvalue weighted by molar-refractivity contribution is 0.347. The second kappa shape index (κ2) is 5.64. The Bertz CT molecular complexity index is 518. The van der Waals surface area contributed by atoms with Crippen LogP contribution in [0.25, 0.3) is 0 Å². The minimum absolute atomic E-state index is 0.0172. The topological polar surface area (TPSA) is 76.5 Å². The third-order valence-electron chi connectivity index (χ3n) is 3.28. The van der Waals surface area contributed by atoms with Crippen molar-refractivity contribution in [2.75, 3.05) is 6.54 Å². The van der Waals surface area contributed by atoms with Gasteiger partial charge in [0, 0.05) is 12.6 Å². The summed E-state index contributed by atoms with van der Waals surface area (Å²) in [6.45, 7) is 4.96. The predicted molar refractivity (Wildman–Crippen MR) is 73.0 cm³/mol. The lowest BCUT2D eigenvalue weighted by atomic mass is 10.1. The second-order valence-electron chi connectivity index (χ2n) is 5.45. The van der Waals surface area contributed by atoms with Crippen LogP contribution in [0.2, 0.25) is 0 Å². The van der Waals surface area contributed by atoms with Crippen molar-refractivity contribution >= 4 is 10.0 Å². The van der Waals surface area contributed by atoms with Crippen molar-refractivity contribution in [2.24, 2.45) is 11.7 Å². The van der Waals surface area contributed by atoms with Crippen molar-refractivity contribution in [3.8, 4) is 0 Å². The molecule has 0 aromatic carbocycles. The van der Waals surface area contributed by atoms with Crippen molar-refractivity contribution in [1.29, 1.82) is 0 Å². The van der Waals surface area contributed by atoms with Gasteiger partial charge < -0.3 is 10.2 Å². The standard InChI is InChI=1S/C13H22N2O3S/c1-10(2)7-8-15(11-3-4-11)19(16,17)13-6-5-12(9-14)18-13/h5-6,10-11H,3-4,7-9,14H2,1-2H3. The van der Waals surface area contributed by atoms with Crippen LogP contribution in [0.3, 0.4) is 0 Å². The van der Waals surface area contributed by atoms with E-state index in [1.165, 1.54) is 6.07 Å². The summed E-state index contributed by atoms with van der Waals surface area (Å²) in [6, 6.07) is 3.28. The third-order valence-corrected chi connectivity index (χ3v) is 5.11. The van der Waals surface area contributed by atoms with E-state index in [0.29, 0.717) is 18.2 Å². The molecule has 1 aromatic rings. The van der Waals surface area contributed by atoms with E-state index < -0.39 is 10.0 Å². The molecule has 6 heteroatoms. The Morgan fingerprint density at radius 1 is 1.42 bits per heavy atom. The van der Waals surface area contributed by atoms with E-state index in [1.807, 2.05) is 0 Å². The van der Waals surface area contributed by atoms with Crippen LogP contribution in [0.5, 0.6) is 0 Å². The van der Waals surface area contributed by atoms with Crippen LogP contribution >= 0.6 is 0 Å². The Kier molecular flexibility index (Phi) is 4.32. The first-order valence-corrected chi connectivity index (χ1v) is 8.19. The summed E-state index contributed by atoms with van der Waals surface area (Å²) in [7, 11) is -3.51. The Morgan fingerprint density at radius 3 is 2.58 bits per heavy atom. The molecule has 5 nitrogen and oxygen atoms in total. The fourth-order valence-corrected chi connectivity index (χ4v) is 3.60. The molecule has 1 aliphatic carbocycles. The van der Waals surface area contributed by atoms with Gasteiger partial charge in [0.2, 0.25) is 5.09 Å². The maximum atomic E-state index is 12.5. The molecule has 0 unspecified atom stereocenters. The number of furan rings is 1. The number of rotatable bonds is 7. The number of nitrogens with zero attached hydrogens (tertiary/aromatic N) is 1. The van der Waals surface area contributed by atoms with Gasteiger partial charge in [-0.15, -0.1) is 0 Å². The van der Waals surface area contributed by atoms with Crippen molar-refractivity contribution < 1.29 is 12.8 Å². The zero-order valence-corrected chi connectivity index (χ0v) is 12.3. The molecule has 1 aromatic heterocycles. The summed E-state index contributed by atoms with van der Waals surface area (Å²) in [4.78, 5) is 0. The number of hydrogen-bond donors (Lipinski definition) is 1. The summed E-state index contributed by atoms with van der Waals surface area (Å²) >= 11 is 0. The maximum Gasteiger partial charge on any atom is 0.276 e. The van der Waals surface area contributed by atoms with E-state index in [4.69, 9.17) is 10.2 Å². The summed E-state index contributed by atoms with van der Waals surface area (Å²) in [5.74, 6) is 0.978. The van der Waals surface area contributed by atoms with E-state index in [-0.39, 0.29) is 17.7 Å². The van der Waals surface area contributed by atoms with E-state index in [9.17, 15) is 8.42 Å². The highest BCUT2D eigenvalue weighted by atomic mass is 32.2. The summed E-state index contributed by atoms with van der Waals surface area (Å²) < 4.78 is 32.0. The van der Waals surface area contributed by atoms with Crippen LogP contribution < -0.4 is 5.73 Å². The van der Waals surface area contributed by atoms with Crippen molar-refractivity contribution in [2.45, 2.75) is 50.8 Å². The largest absolute Gasteiger partial charge is 0.447 e. The smallest absolute Gasteiger partial charge is 0.276 e. The van der Waals surface area contributed by atoms with Gasteiger partial charge in [-0.2, -0.15) is 4.31 Å². The molecule has 1 saturated carbocycles. The van der Waals surface area contributed by atoms with Crippen LogP contribution in [0.1, 0.15) is 38.9 Å². The fourth-order valence-electron chi connectivity index (χ4n) is 1.97. The number of hydrogen-bond acceptors (Lipinski definition) is 4. The van der Waals surface area contributed by atoms with Crippen molar-refractivity contribution in [3.63, 3.8) is 0 Å². The molecular weight excluding hydrogens is 264 g/mol. The van der Waals surface area contributed by atoms with Gasteiger partial charge in [-0.3, -0.25) is 0 Å². The highest BCUT2D eigenvalue weighted by Gasteiger charge is 2.39. The second-order valence-corrected chi connectivity index (χ2v) is 7.28. The monoisotopic (exact) mass is 286 g/mol. The Balaban J connectivity index is 2.18. The molecule has 1 fully saturated rings. The summed E-state index contributed by atoms with van der Waals surface area (Å²) in [5.41, 5.74) is 5.45. The third kappa shape index (κ3) is 3.38. The lowest BCUT2D eigenvalue weighted by Gasteiger charge is -2.21. The van der Waals surface area contributed by atoms with Crippen molar-refractivity contribution in [3.05, 3.63) is 17.9 Å². The molecule has 1 heterocycles. The van der Waals surface area contributed by atoms with Crippen LogP contribution in [0, 0.1) is 5.92 Å². The molecule has 1 aliphatic rings. The van der Waals surface area contributed by atoms with Crippen LogP contribution in [0.15, 0.2) is 21.6 Å². The van der Waals surface area contributed by atoms with Gasteiger partial charge in [-0.05, 0) is 37.3 Å². The van der Waals surface area contributed by atoms with Crippen molar-refractivity contribution in [1.82, 2.24) is 4.31 Å². The molecule has 0 amide bonds. The number of nitrogens with two attached hydrogens (primary N) is 1. The van der Waals surface area contributed by atoms with Gasteiger partial charge in [0.05, 0.1) is 6.54 Å². The molecule has 0 spiro atoms. The minimum Gasteiger partial charge on any atom is -0.447 e. The first-order valence-electron chi connectivity index (χ1n) is 6.75. The predicted octanol–water partition coefficient (Wildman–Crippen LogP) is 1.94. The molecule has 0 aliphatic heterocycles. The fraction of sp³-hybridized carbons (Fsp3) is 0.692. The Morgan fingerprint density at radius 2 is 2.11 bits per heavy atom. The maximum absolute atomic E-state index is 12.5. The summed E-state index contributed by atoms with van der Waals surface area (Å²) in [5, 5.41) is 0.0172. The SMILES string of the molecule is CC(C)CCN(C1CC1)S(=O)(=O)c1ccc(CN)o1. The molecule has 2 N–H and O–H groups in total. The zero-order valence-electron chi connectivity index (χ0n) is 11.5. The van der Waals surface area contributed by atoms with Crippen LogP contribution in [-0.2, 0) is 16.6 Å². The molecule has 2 rings (SSSR count). The molecule has 19 heavy (non-hydrogen) atoms. The van der Waals surface area contributed by atoms with Gasteiger partial charge in [-0.1, -0.05) is 13.8 Å². The minimum atomic E-state index is -3.51. The molecule has 0 atom stereocenters. The normalized spacial score (nSPS) is 16.5. The van der Waals surface area contributed by atoms with E-state index in [1.54, 1.807) is 10.4 Å². The zero-order chi connectivity index (χ0) is 14.0. The summed E-state index contributed by atoms with van der Waals surface area (Å²) in [6.07, 6.45) is 2.75. The quantitative estimate of drug-likeness (QED) is 0.831. The van der Waals surface area contributed by atoms with E-state index >= 15 is 0 Å². The molecule has 0 radical (unpaired) electrons. The van der Waals surface area contributed by atoms with Gasteiger partial charge >= 0.3 is 0 Å².